The average Bonchev–Trinajstić information content (AvgIpc) is 2.82. The Balaban J connectivity index is 2.43. The maximum Gasteiger partial charge on any atom is 0.180 e. The highest BCUT2D eigenvalue weighted by molar-refractivity contribution is 6.34. The van der Waals surface area contributed by atoms with Gasteiger partial charge in [-0.3, -0.25) is 4.68 Å². The maximum atomic E-state index is 6.19. The molecule has 0 aromatic carbocycles. The van der Waals surface area contributed by atoms with E-state index in [0.29, 0.717) is 16.1 Å². The van der Waals surface area contributed by atoms with E-state index >= 15 is 0 Å². The second-order valence-electron chi connectivity index (χ2n) is 4.30. The van der Waals surface area contributed by atoms with Crippen LogP contribution >= 0.6 is 23.2 Å². The fourth-order valence-corrected chi connectivity index (χ4v) is 2.49. The van der Waals surface area contributed by atoms with Crippen molar-refractivity contribution >= 4 is 23.2 Å². The van der Waals surface area contributed by atoms with Crippen LogP contribution in [0.3, 0.4) is 0 Å². The molecule has 0 aliphatic carbocycles. The minimum Gasteiger partial charge on any atom is -0.262 e. The summed E-state index contributed by atoms with van der Waals surface area (Å²) in [6, 6.07) is 1.87. The molecule has 0 spiro atoms. The molecule has 2 aromatic rings. The van der Waals surface area contributed by atoms with Crippen LogP contribution in [0.15, 0.2) is 12.3 Å². The fourth-order valence-electron chi connectivity index (χ4n) is 1.91. The van der Waals surface area contributed by atoms with Crippen LogP contribution in [0.5, 0.6) is 0 Å². The smallest absolute Gasteiger partial charge is 0.180 e. The third kappa shape index (κ3) is 3.07. The zero-order chi connectivity index (χ0) is 13.8. The summed E-state index contributed by atoms with van der Waals surface area (Å²) < 4.78 is 1.86. The number of hydrogen-bond acceptors (Lipinski definition) is 3. The zero-order valence-corrected chi connectivity index (χ0v) is 12.5. The second kappa shape index (κ2) is 6.35. The van der Waals surface area contributed by atoms with E-state index in [1.165, 1.54) is 0 Å². The van der Waals surface area contributed by atoms with E-state index in [4.69, 9.17) is 23.2 Å². The SMILES string of the molecule is CCCc1c(Cl)nc(-c2ccnn2CCC)nc1Cl. The largest absolute Gasteiger partial charge is 0.262 e. The number of hydrogen-bond donors (Lipinski definition) is 0. The Morgan fingerprint density at radius 3 is 2.37 bits per heavy atom. The van der Waals surface area contributed by atoms with Gasteiger partial charge in [-0.1, -0.05) is 43.5 Å². The Morgan fingerprint density at radius 2 is 1.79 bits per heavy atom. The van der Waals surface area contributed by atoms with E-state index in [1.54, 1.807) is 6.20 Å². The maximum absolute atomic E-state index is 6.19. The van der Waals surface area contributed by atoms with E-state index in [-0.39, 0.29) is 0 Å². The third-order valence-corrected chi connectivity index (χ3v) is 3.41. The molecular weight excluding hydrogens is 283 g/mol. The first-order valence-corrected chi connectivity index (χ1v) is 7.17. The molecule has 0 aliphatic heterocycles. The van der Waals surface area contributed by atoms with E-state index in [9.17, 15) is 0 Å². The molecule has 0 unspecified atom stereocenters. The molecule has 6 heteroatoms. The van der Waals surface area contributed by atoms with Crippen molar-refractivity contribution in [2.45, 2.75) is 39.7 Å². The van der Waals surface area contributed by atoms with Gasteiger partial charge in [0.25, 0.3) is 0 Å². The highest BCUT2D eigenvalue weighted by atomic mass is 35.5. The molecule has 0 saturated carbocycles. The molecule has 2 aromatic heterocycles. The first kappa shape index (κ1) is 14.3. The molecule has 0 radical (unpaired) electrons. The summed E-state index contributed by atoms with van der Waals surface area (Å²) in [5, 5.41) is 5.11. The van der Waals surface area contributed by atoms with Gasteiger partial charge < -0.3 is 0 Å². The quantitative estimate of drug-likeness (QED) is 0.783. The van der Waals surface area contributed by atoms with Crippen LogP contribution < -0.4 is 0 Å². The molecule has 0 amide bonds. The predicted molar refractivity (Wildman–Crippen MR) is 77.6 cm³/mol. The van der Waals surface area contributed by atoms with Gasteiger partial charge in [0.2, 0.25) is 0 Å². The Bertz CT molecular complexity index is 543. The lowest BCUT2D eigenvalue weighted by molar-refractivity contribution is 0.606. The van der Waals surface area contributed by atoms with Crippen molar-refractivity contribution in [1.82, 2.24) is 19.7 Å². The average molecular weight is 299 g/mol. The highest BCUT2D eigenvalue weighted by Crippen LogP contribution is 2.26. The van der Waals surface area contributed by atoms with Gasteiger partial charge in [0, 0.05) is 18.3 Å². The lowest BCUT2D eigenvalue weighted by Crippen LogP contribution is -2.05. The van der Waals surface area contributed by atoms with Crippen LogP contribution in [0.25, 0.3) is 11.5 Å². The number of rotatable bonds is 5. The second-order valence-corrected chi connectivity index (χ2v) is 5.01. The summed E-state index contributed by atoms with van der Waals surface area (Å²) in [7, 11) is 0. The molecule has 19 heavy (non-hydrogen) atoms. The summed E-state index contributed by atoms with van der Waals surface area (Å²) >= 11 is 12.4. The van der Waals surface area contributed by atoms with E-state index in [0.717, 1.165) is 37.1 Å². The molecular formula is C13H16Cl2N4. The summed E-state index contributed by atoms with van der Waals surface area (Å²) in [6.45, 7) is 4.98. The van der Waals surface area contributed by atoms with Gasteiger partial charge >= 0.3 is 0 Å². The number of aryl methyl sites for hydroxylation is 1. The summed E-state index contributed by atoms with van der Waals surface area (Å²) in [4.78, 5) is 8.69. The van der Waals surface area contributed by atoms with Gasteiger partial charge in [-0.05, 0) is 18.9 Å². The molecule has 2 heterocycles. The topological polar surface area (TPSA) is 43.6 Å². The van der Waals surface area contributed by atoms with Gasteiger partial charge in [-0.25, -0.2) is 9.97 Å². The van der Waals surface area contributed by atoms with Crippen molar-refractivity contribution in [1.29, 1.82) is 0 Å². The Labute approximate surface area is 122 Å². The van der Waals surface area contributed by atoms with Crippen molar-refractivity contribution in [3.63, 3.8) is 0 Å². The molecule has 102 valence electrons. The standard InChI is InChI=1S/C13H16Cl2N4/c1-3-5-9-11(14)17-13(18-12(9)15)10-6-7-16-19(10)8-4-2/h6-7H,3-5,8H2,1-2H3. The summed E-state index contributed by atoms with van der Waals surface area (Å²) in [5.41, 5.74) is 1.66. The minimum absolute atomic E-state index is 0.432. The van der Waals surface area contributed by atoms with Gasteiger partial charge in [-0.15, -0.1) is 0 Å². The normalized spacial score (nSPS) is 10.9. The van der Waals surface area contributed by atoms with Crippen LogP contribution in [-0.2, 0) is 13.0 Å². The van der Waals surface area contributed by atoms with Crippen LogP contribution in [0, 0.1) is 0 Å². The zero-order valence-electron chi connectivity index (χ0n) is 11.0. The highest BCUT2D eigenvalue weighted by Gasteiger charge is 2.14. The molecule has 2 rings (SSSR count). The first-order chi connectivity index (χ1) is 9.17. The summed E-state index contributed by atoms with van der Waals surface area (Å²) in [6.07, 6.45) is 4.46. The molecule has 0 atom stereocenters. The van der Waals surface area contributed by atoms with E-state index in [1.807, 2.05) is 10.7 Å². The lowest BCUT2D eigenvalue weighted by atomic mass is 10.2. The summed E-state index contributed by atoms with van der Waals surface area (Å²) in [5.74, 6) is 0.529. The van der Waals surface area contributed by atoms with E-state index in [2.05, 4.69) is 28.9 Å². The molecule has 0 fully saturated rings. The van der Waals surface area contributed by atoms with Crippen molar-refractivity contribution in [3.8, 4) is 11.5 Å². The van der Waals surface area contributed by atoms with Gasteiger partial charge in [-0.2, -0.15) is 5.10 Å². The number of aromatic nitrogens is 4. The Morgan fingerprint density at radius 1 is 1.11 bits per heavy atom. The minimum atomic E-state index is 0.432. The first-order valence-electron chi connectivity index (χ1n) is 6.41. The third-order valence-electron chi connectivity index (χ3n) is 2.79. The Kier molecular flexibility index (Phi) is 4.77. The lowest BCUT2D eigenvalue weighted by Gasteiger charge is -2.09. The molecule has 0 aliphatic rings. The van der Waals surface area contributed by atoms with Crippen molar-refractivity contribution < 1.29 is 0 Å². The van der Waals surface area contributed by atoms with Crippen molar-refractivity contribution in [2.24, 2.45) is 0 Å². The fraction of sp³-hybridized carbons (Fsp3) is 0.462. The molecule has 0 N–H and O–H groups in total. The van der Waals surface area contributed by atoms with Crippen LogP contribution in [0.1, 0.15) is 32.3 Å². The van der Waals surface area contributed by atoms with Gasteiger partial charge in [0.1, 0.15) is 16.0 Å². The number of halogens is 2. The van der Waals surface area contributed by atoms with Crippen LogP contribution in [0.4, 0.5) is 0 Å². The molecule has 0 saturated heterocycles. The van der Waals surface area contributed by atoms with E-state index < -0.39 is 0 Å². The van der Waals surface area contributed by atoms with Crippen LogP contribution in [0.2, 0.25) is 10.3 Å². The molecule has 4 nitrogen and oxygen atoms in total. The van der Waals surface area contributed by atoms with Gasteiger partial charge in [0.05, 0.1) is 0 Å². The van der Waals surface area contributed by atoms with Crippen LogP contribution in [-0.4, -0.2) is 19.7 Å². The van der Waals surface area contributed by atoms with Crippen molar-refractivity contribution in [2.75, 3.05) is 0 Å². The number of nitrogens with zero attached hydrogens (tertiary/aromatic N) is 4. The monoisotopic (exact) mass is 298 g/mol. The predicted octanol–water partition coefficient (Wildman–Crippen LogP) is 4.01. The molecule has 0 bridgehead atoms. The van der Waals surface area contributed by atoms with Crippen molar-refractivity contribution in [3.05, 3.63) is 28.1 Å². The Hall–Kier alpha value is -1.13. The van der Waals surface area contributed by atoms with Gasteiger partial charge in [0.15, 0.2) is 5.82 Å².